The molecule has 4 nitrogen and oxygen atoms in total. The summed E-state index contributed by atoms with van der Waals surface area (Å²) in [5.74, 6) is -0.224. The first-order valence-corrected chi connectivity index (χ1v) is 8.14. The van der Waals surface area contributed by atoms with Crippen LogP contribution < -0.4 is 17.0 Å². The van der Waals surface area contributed by atoms with Crippen LogP contribution in [-0.2, 0) is 4.74 Å². The molecular weight excluding hydrogens is 356 g/mol. The molecule has 0 spiro atoms. The zero-order valence-corrected chi connectivity index (χ0v) is 15.4. The van der Waals surface area contributed by atoms with Crippen LogP contribution in [-0.4, -0.2) is 48.7 Å². The van der Waals surface area contributed by atoms with E-state index in [0.29, 0.717) is 18.2 Å². The Hall–Kier alpha value is -1.33. The summed E-state index contributed by atoms with van der Waals surface area (Å²) >= 11 is 0. The van der Waals surface area contributed by atoms with Crippen LogP contribution in [0, 0.1) is 0 Å². The van der Waals surface area contributed by atoms with E-state index in [1.165, 1.54) is 25.8 Å². The van der Waals surface area contributed by atoms with Gasteiger partial charge in [-0.2, -0.15) is 0 Å². The van der Waals surface area contributed by atoms with E-state index in [9.17, 15) is 4.79 Å². The molecule has 1 aliphatic heterocycles. The van der Waals surface area contributed by atoms with Crippen molar-refractivity contribution in [1.82, 2.24) is 4.98 Å². The van der Waals surface area contributed by atoms with Gasteiger partial charge in [-0.3, -0.25) is 0 Å². The van der Waals surface area contributed by atoms with Gasteiger partial charge in [0.05, 0.1) is 38.9 Å². The van der Waals surface area contributed by atoms with Gasteiger partial charge in [-0.25, -0.2) is 4.79 Å². The van der Waals surface area contributed by atoms with Crippen LogP contribution >= 0.6 is 0 Å². The molecule has 1 saturated heterocycles. The number of aromatic amines is 1. The second-order valence-corrected chi connectivity index (χ2v) is 6.82. The van der Waals surface area contributed by atoms with E-state index in [1.54, 1.807) is 6.20 Å². The fraction of sp³-hybridized carbons (Fsp3) is 0.500. The van der Waals surface area contributed by atoms with Gasteiger partial charge in [-0.1, -0.05) is 18.2 Å². The third kappa shape index (κ3) is 3.96. The number of ether oxygens (including phenoxy) is 1. The number of quaternary nitrogens is 1. The van der Waals surface area contributed by atoms with Crippen molar-refractivity contribution in [1.29, 1.82) is 0 Å². The Bertz CT molecular complexity index is 666. The number of piperidine rings is 1. The first kappa shape index (κ1) is 18.0. The number of rotatable bonds is 4. The van der Waals surface area contributed by atoms with E-state index < -0.39 is 0 Å². The van der Waals surface area contributed by atoms with Gasteiger partial charge < -0.3 is 31.2 Å². The van der Waals surface area contributed by atoms with E-state index in [1.807, 2.05) is 24.3 Å². The number of carbonyl (C=O) groups is 1. The van der Waals surface area contributed by atoms with Crippen molar-refractivity contribution in [3.05, 3.63) is 36.0 Å². The maximum Gasteiger partial charge on any atom is 0.340 e. The van der Waals surface area contributed by atoms with Gasteiger partial charge in [-0.15, -0.1) is 0 Å². The zero-order chi connectivity index (χ0) is 15.6. The number of nitrogens with one attached hydrogen (secondary N) is 1. The molecule has 1 atom stereocenters. The lowest BCUT2D eigenvalue weighted by atomic mass is 9.98. The van der Waals surface area contributed by atoms with Crippen LogP contribution in [0.2, 0.25) is 0 Å². The van der Waals surface area contributed by atoms with Crippen LogP contribution in [0.1, 0.15) is 36.0 Å². The number of nitrogens with zero attached hydrogens (tertiary/aromatic N) is 1. The van der Waals surface area contributed by atoms with Crippen molar-refractivity contribution in [2.75, 3.05) is 27.2 Å². The molecule has 2 aromatic rings. The highest BCUT2D eigenvalue weighted by molar-refractivity contribution is 6.03. The minimum absolute atomic E-state index is 0. The third-order valence-corrected chi connectivity index (χ3v) is 5.00. The lowest BCUT2D eigenvalue weighted by molar-refractivity contribution is -0.920. The number of hydrogen-bond acceptors (Lipinski definition) is 2. The molecule has 1 aromatic carbocycles. The van der Waals surface area contributed by atoms with Crippen LogP contribution in [0.3, 0.4) is 0 Å². The second kappa shape index (κ2) is 7.49. The van der Waals surface area contributed by atoms with E-state index in [0.717, 1.165) is 21.8 Å². The molecule has 1 aliphatic rings. The standard InChI is InChI=1S/C18H24N2O2.BrH/c1-20(2)11-6-5-7-14(20)10-12-22-18(21)16-13-19-17-9-4-3-8-15(16)17;/h3-4,8-9,13-14H,5-7,10-12H2,1-2H3;1H. The van der Waals surface area contributed by atoms with Crippen molar-refractivity contribution < 1.29 is 31.0 Å². The van der Waals surface area contributed by atoms with Gasteiger partial charge in [0, 0.05) is 23.5 Å². The third-order valence-electron chi connectivity index (χ3n) is 5.00. The Morgan fingerprint density at radius 3 is 2.87 bits per heavy atom. The Morgan fingerprint density at radius 1 is 1.30 bits per heavy atom. The monoisotopic (exact) mass is 380 g/mol. The van der Waals surface area contributed by atoms with Gasteiger partial charge in [-0.05, 0) is 25.3 Å². The number of fused-ring (bicyclic) bond motifs is 1. The number of hydrogen-bond donors (Lipinski definition) is 1. The van der Waals surface area contributed by atoms with Crippen LogP contribution in [0.15, 0.2) is 30.5 Å². The molecule has 0 radical (unpaired) electrons. The molecular formula is C18H25BrN2O2. The molecule has 5 heteroatoms. The fourth-order valence-electron chi connectivity index (χ4n) is 3.53. The smallest absolute Gasteiger partial charge is 0.340 e. The molecule has 1 aromatic heterocycles. The lowest BCUT2D eigenvalue weighted by Crippen LogP contribution is -3.00. The first-order valence-electron chi connectivity index (χ1n) is 8.14. The average Bonchev–Trinajstić information content (AvgIpc) is 2.92. The van der Waals surface area contributed by atoms with Gasteiger partial charge in [0.25, 0.3) is 0 Å². The van der Waals surface area contributed by atoms with E-state index in [4.69, 9.17) is 4.74 Å². The molecule has 1 unspecified atom stereocenters. The predicted octanol–water partition coefficient (Wildman–Crippen LogP) is 0.348. The highest BCUT2D eigenvalue weighted by Crippen LogP contribution is 2.24. The molecule has 1 N–H and O–H groups in total. The van der Waals surface area contributed by atoms with E-state index >= 15 is 0 Å². The first-order chi connectivity index (χ1) is 10.6. The normalized spacial score (nSPS) is 20.0. The number of aromatic nitrogens is 1. The van der Waals surface area contributed by atoms with Crippen LogP contribution in [0.25, 0.3) is 10.9 Å². The minimum atomic E-state index is -0.224. The lowest BCUT2D eigenvalue weighted by Gasteiger charge is -2.41. The summed E-state index contributed by atoms with van der Waals surface area (Å²) in [4.78, 5) is 15.4. The summed E-state index contributed by atoms with van der Waals surface area (Å²) in [7, 11) is 4.57. The number of benzene rings is 1. The molecule has 0 bridgehead atoms. The quantitative estimate of drug-likeness (QED) is 0.614. The molecule has 126 valence electrons. The largest absolute Gasteiger partial charge is 1.00 e. The Labute approximate surface area is 148 Å². The topological polar surface area (TPSA) is 42.1 Å². The maximum atomic E-state index is 12.3. The number of H-pyrrole nitrogens is 1. The van der Waals surface area contributed by atoms with Crippen LogP contribution in [0.4, 0.5) is 0 Å². The van der Waals surface area contributed by atoms with E-state index in [2.05, 4.69) is 19.1 Å². The number of para-hydroxylation sites is 1. The Balaban J connectivity index is 0.00000192. The summed E-state index contributed by atoms with van der Waals surface area (Å²) < 4.78 is 6.57. The zero-order valence-electron chi connectivity index (χ0n) is 13.8. The van der Waals surface area contributed by atoms with Crippen molar-refractivity contribution >= 4 is 16.9 Å². The fourth-order valence-corrected chi connectivity index (χ4v) is 3.53. The number of halogens is 1. The van der Waals surface area contributed by atoms with Gasteiger partial charge >= 0.3 is 5.97 Å². The van der Waals surface area contributed by atoms with Crippen LogP contribution in [0.5, 0.6) is 0 Å². The number of carbonyl (C=O) groups excluding carboxylic acids is 1. The Morgan fingerprint density at radius 2 is 2.09 bits per heavy atom. The molecule has 0 saturated carbocycles. The van der Waals surface area contributed by atoms with Crippen molar-refractivity contribution in [3.8, 4) is 0 Å². The highest BCUT2D eigenvalue weighted by Gasteiger charge is 2.31. The van der Waals surface area contributed by atoms with Crippen molar-refractivity contribution in [2.24, 2.45) is 0 Å². The van der Waals surface area contributed by atoms with Gasteiger partial charge in [0.15, 0.2) is 0 Å². The number of likely N-dealkylation sites (tertiary alicyclic amines) is 1. The van der Waals surface area contributed by atoms with Gasteiger partial charge in [0.2, 0.25) is 0 Å². The van der Waals surface area contributed by atoms with Gasteiger partial charge in [0.1, 0.15) is 0 Å². The molecule has 1 fully saturated rings. The average molecular weight is 381 g/mol. The Kier molecular flexibility index (Phi) is 5.87. The highest BCUT2D eigenvalue weighted by atomic mass is 79.9. The summed E-state index contributed by atoms with van der Waals surface area (Å²) in [6, 6.07) is 8.41. The van der Waals surface area contributed by atoms with E-state index in [-0.39, 0.29) is 23.0 Å². The molecule has 0 aliphatic carbocycles. The van der Waals surface area contributed by atoms with Crippen molar-refractivity contribution in [2.45, 2.75) is 31.7 Å². The minimum Gasteiger partial charge on any atom is -1.00 e. The summed E-state index contributed by atoms with van der Waals surface area (Å²) in [5, 5.41) is 0.932. The predicted molar refractivity (Wildman–Crippen MR) is 87.8 cm³/mol. The second-order valence-electron chi connectivity index (χ2n) is 6.82. The van der Waals surface area contributed by atoms with Crippen molar-refractivity contribution in [3.63, 3.8) is 0 Å². The summed E-state index contributed by atoms with van der Waals surface area (Å²) in [6.45, 7) is 1.73. The summed E-state index contributed by atoms with van der Waals surface area (Å²) in [6.07, 6.45) is 6.52. The molecule has 0 amide bonds. The molecule has 2 heterocycles. The molecule has 3 rings (SSSR count). The summed E-state index contributed by atoms with van der Waals surface area (Å²) in [5.41, 5.74) is 1.60. The SMILES string of the molecule is C[N+]1(C)CCCCC1CCOC(=O)c1c[nH]c2ccccc12.[Br-]. The number of esters is 1. The molecule has 23 heavy (non-hydrogen) atoms. The maximum absolute atomic E-state index is 12.3.